The van der Waals surface area contributed by atoms with E-state index >= 15 is 0 Å². The van der Waals surface area contributed by atoms with Gasteiger partial charge in [0.1, 0.15) is 11.3 Å². The predicted molar refractivity (Wildman–Crippen MR) is 77.4 cm³/mol. The lowest BCUT2D eigenvalue weighted by Crippen LogP contribution is -2.26. The molecule has 0 aliphatic heterocycles. The second kappa shape index (κ2) is 6.43. The Hall–Kier alpha value is -1.31. The fraction of sp³-hybridized carbons (Fsp3) is 0.615. The maximum atomic E-state index is 5.74. The lowest BCUT2D eigenvalue weighted by Gasteiger charge is -2.23. The van der Waals surface area contributed by atoms with Crippen molar-refractivity contribution in [3.05, 3.63) is 16.2 Å². The number of aromatic nitrogens is 3. The second-order valence-corrected chi connectivity index (χ2v) is 5.55. The maximum Gasteiger partial charge on any atom is 0.277 e. The number of rotatable bonds is 7. The van der Waals surface area contributed by atoms with Crippen LogP contribution in [0.25, 0.3) is 11.6 Å². The zero-order valence-electron chi connectivity index (χ0n) is 12.0. The Morgan fingerprint density at radius 1 is 1.40 bits per heavy atom. The van der Waals surface area contributed by atoms with Crippen LogP contribution in [0.3, 0.4) is 0 Å². The summed E-state index contributed by atoms with van der Waals surface area (Å²) in [5.74, 6) is 0.990. The Bertz CT molecular complexity index is 554. The standard InChI is InChI=1S/C13H20N4O2S/c1-4-13(3,18-5-2)12-16-11(19-17-12)9-8-20-10(15-9)6-7-14/h8H,4-7,14H2,1-3H3. The lowest BCUT2D eigenvalue weighted by atomic mass is 10.0. The Morgan fingerprint density at radius 3 is 2.85 bits per heavy atom. The topological polar surface area (TPSA) is 87.1 Å². The number of ether oxygens (including phenoxy) is 1. The van der Waals surface area contributed by atoms with Gasteiger partial charge in [0.15, 0.2) is 0 Å². The molecule has 0 saturated heterocycles. The van der Waals surface area contributed by atoms with Gasteiger partial charge >= 0.3 is 0 Å². The summed E-state index contributed by atoms with van der Waals surface area (Å²) in [5.41, 5.74) is 5.70. The third kappa shape index (κ3) is 3.05. The fourth-order valence-corrected chi connectivity index (χ4v) is 2.62. The molecule has 1 unspecified atom stereocenters. The summed E-state index contributed by atoms with van der Waals surface area (Å²) in [7, 11) is 0. The maximum absolute atomic E-state index is 5.74. The summed E-state index contributed by atoms with van der Waals surface area (Å²) in [6, 6.07) is 0. The summed E-state index contributed by atoms with van der Waals surface area (Å²) in [6.07, 6.45) is 1.53. The molecule has 0 aliphatic carbocycles. The normalized spacial score (nSPS) is 14.4. The SMILES string of the molecule is CCOC(C)(CC)c1noc(-c2csc(CCN)n2)n1. The second-order valence-electron chi connectivity index (χ2n) is 4.61. The van der Waals surface area contributed by atoms with E-state index in [-0.39, 0.29) is 0 Å². The summed E-state index contributed by atoms with van der Waals surface area (Å²) >= 11 is 1.55. The van der Waals surface area contributed by atoms with Crippen LogP contribution in [0.2, 0.25) is 0 Å². The Kier molecular flexibility index (Phi) is 4.85. The van der Waals surface area contributed by atoms with E-state index < -0.39 is 5.60 Å². The first-order valence-corrected chi connectivity index (χ1v) is 7.64. The Labute approximate surface area is 122 Å². The molecule has 20 heavy (non-hydrogen) atoms. The van der Waals surface area contributed by atoms with Crippen LogP contribution in [0.4, 0.5) is 0 Å². The van der Waals surface area contributed by atoms with Crippen LogP contribution >= 0.6 is 11.3 Å². The van der Waals surface area contributed by atoms with Gasteiger partial charge in [-0.3, -0.25) is 0 Å². The van der Waals surface area contributed by atoms with E-state index in [1.165, 1.54) is 0 Å². The molecule has 0 fully saturated rings. The van der Waals surface area contributed by atoms with E-state index in [4.69, 9.17) is 15.0 Å². The van der Waals surface area contributed by atoms with Crippen molar-refractivity contribution in [2.75, 3.05) is 13.2 Å². The number of nitrogens with two attached hydrogens (primary N) is 1. The van der Waals surface area contributed by atoms with E-state index in [1.807, 2.05) is 26.2 Å². The molecule has 7 heteroatoms. The quantitative estimate of drug-likeness (QED) is 0.844. The molecular weight excluding hydrogens is 276 g/mol. The molecule has 0 saturated carbocycles. The molecule has 0 amide bonds. The third-order valence-corrected chi connectivity index (χ3v) is 4.07. The van der Waals surface area contributed by atoms with E-state index in [0.717, 1.165) is 17.8 Å². The summed E-state index contributed by atoms with van der Waals surface area (Å²) in [4.78, 5) is 8.86. The Balaban J connectivity index is 2.23. The summed E-state index contributed by atoms with van der Waals surface area (Å²) < 4.78 is 11.0. The summed E-state index contributed by atoms with van der Waals surface area (Å²) in [5, 5.41) is 6.92. The molecule has 0 aromatic carbocycles. The molecule has 2 heterocycles. The first kappa shape index (κ1) is 15.1. The number of nitrogens with zero attached hydrogens (tertiary/aromatic N) is 3. The van der Waals surface area contributed by atoms with Gasteiger partial charge in [0.05, 0.1) is 5.01 Å². The summed E-state index contributed by atoms with van der Waals surface area (Å²) in [6.45, 7) is 7.14. The molecule has 2 N–H and O–H groups in total. The number of hydrogen-bond acceptors (Lipinski definition) is 7. The highest BCUT2D eigenvalue weighted by molar-refractivity contribution is 7.09. The van der Waals surface area contributed by atoms with E-state index in [1.54, 1.807) is 11.3 Å². The molecular formula is C13H20N4O2S. The highest BCUT2D eigenvalue weighted by atomic mass is 32.1. The highest BCUT2D eigenvalue weighted by Crippen LogP contribution is 2.29. The fourth-order valence-electron chi connectivity index (χ4n) is 1.83. The van der Waals surface area contributed by atoms with Gasteiger partial charge in [-0.05, 0) is 26.8 Å². The molecule has 0 spiro atoms. The molecule has 0 aliphatic rings. The zero-order valence-corrected chi connectivity index (χ0v) is 12.9. The number of hydrogen-bond donors (Lipinski definition) is 1. The smallest absolute Gasteiger partial charge is 0.277 e. The van der Waals surface area contributed by atoms with Gasteiger partial charge < -0.3 is 15.0 Å². The third-order valence-electron chi connectivity index (χ3n) is 3.17. The molecule has 1 atom stereocenters. The van der Waals surface area contributed by atoms with Gasteiger partial charge in [-0.25, -0.2) is 4.98 Å². The van der Waals surface area contributed by atoms with Crippen LogP contribution in [0.1, 0.15) is 38.0 Å². The molecule has 2 rings (SSSR count). The average molecular weight is 296 g/mol. The largest absolute Gasteiger partial charge is 0.367 e. The van der Waals surface area contributed by atoms with E-state index in [2.05, 4.69) is 15.1 Å². The van der Waals surface area contributed by atoms with Crippen molar-refractivity contribution in [1.82, 2.24) is 15.1 Å². The van der Waals surface area contributed by atoms with Crippen molar-refractivity contribution in [1.29, 1.82) is 0 Å². The van der Waals surface area contributed by atoms with Crippen LogP contribution in [-0.2, 0) is 16.8 Å². The molecule has 0 radical (unpaired) electrons. The lowest BCUT2D eigenvalue weighted by molar-refractivity contribution is -0.0403. The van der Waals surface area contributed by atoms with Crippen LogP contribution in [-0.4, -0.2) is 28.3 Å². The van der Waals surface area contributed by atoms with Crippen molar-refractivity contribution in [3.8, 4) is 11.6 Å². The van der Waals surface area contributed by atoms with Gasteiger partial charge in [0, 0.05) is 18.4 Å². The van der Waals surface area contributed by atoms with Gasteiger partial charge in [0.25, 0.3) is 5.89 Å². The Morgan fingerprint density at radius 2 is 2.20 bits per heavy atom. The van der Waals surface area contributed by atoms with E-state index in [0.29, 0.717) is 30.6 Å². The van der Waals surface area contributed by atoms with Crippen molar-refractivity contribution < 1.29 is 9.26 Å². The van der Waals surface area contributed by atoms with Crippen LogP contribution in [0, 0.1) is 0 Å². The van der Waals surface area contributed by atoms with Gasteiger partial charge in [-0.1, -0.05) is 12.1 Å². The van der Waals surface area contributed by atoms with Crippen molar-refractivity contribution in [2.45, 2.75) is 39.2 Å². The van der Waals surface area contributed by atoms with Gasteiger partial charge in [-0.2, -0.15) is 4.98 Å². The van der Waals surface area contributed by atoms with Crippen molar-refractivity contribution in [3.63, 3.8) is 0 Å². The minimum atomic E-state index is -0.521. The minimum absolute atomic E-state index is 0.430. The molecule has 6 nitrogen and oxygen atoms in total. The molecule has 0 bridgehead atoms. The van der Waals surface area contributed by atoms with Crippen LogP contribution in [0.5, 0.6) is 0 Å². The first-order chi connectivity index (χ1) is 9.62. The van der Waals surface area contributed by atoms with Gasteiger partial charge in [-0.15, -0.1) is 11.3 Å². The van der Waals surface area contributed by atoms with Crippen molar-refractivity contribution in [2.24, 2.45) is 5.73 Å². The monoisotopic (exact) mass is 296 g/mol. The minimum Gasteiger partial charge on any atom is -0.367 e. The number of thiazole rings is 1. The molecule has 110 valence electrons. The van der Waals surface area contributed by atoms with Crippen molar-refractivity contribution >= 4 is 11.3 Å². The van der Waals surface area contributed by atoms with Crippen LogP contribution in [0.15, 0.2) is 9.90 Å². The molecule has 2 aromatic heterocycles. The van der Waals surface area contributed by atoms with Gasteiger partial charge in [0.2, 0.25) is 5.82 Å². The predicted octanol–water partition coefficient (Wildman–Crippen LogP) is 2.36. The highest BCUT2D eigenvalue weighted by Gasteiger charge is 2.31. The average Bonchev–Trinajstić information content (AvgIpc) is 3.07. The van der Waals surface area contributed by atoms with Crippen LogP contribution < -0.4 is 5.73 Å². The first-order valence-electron chi connectivity index (χ1n) is 6.76. The molecule has 2 aromatic rings. The van der Waals surface area contributed by atoms with E-state index in [9.17, 15) is 0 Å². The zero-order chi connectivity index (χ0) is 14.6.